The van der Waals surface area contributed by atoms with Crippen LogP contribution in [0.2, 0.25) is 0 Å². The van der Waals surface area contributed by atoms with Gasteiger partial charge < -0.3 is 0 Å². The fourth-order valence-electron chi connectivity index (χ4n) is 1.90. The van der Waals surface area contributed by atoms with Crippen LogP contribution in [0.3, 0.4) is 0 Å². The molecule has 1 heterocycles. The summed E-state index contributed by atoms with van der Waals surface area (Å²) in [5, 5.41) is 7.07. The molecule has 0 amide bonds. The van der Waals surface area contributed by atoms with Crippen LogP contribution in [0.25, 0.3) is 11.1 Å². The molecular weight excluding hydrogens is 234 g/mol. The largest absolute Gasteiger partial charge is 0.276 e. The molecule has 0 aliphatic carbocycles. The molecule has 19 heavy (non-hydrogen) atoms. The SMILES string of the molecule is C(=Nc1ccccc1)c1[nH]ncc1-c1ccccc1. The van der Waals surface area contributed by atoms with Crippen LogP contribution in [0, 0.1) is 0 Å². The molecular formula is C16H13N3. The van der Waals surface area contributed by atoms with Gasteiger partial charge in [-0.2, -0.15) is 5.10 Å². The van der Waals surface area contributed by atoms with E-state index in [9.17, 15) is 0 Å². The third-order valence-electron chi connectivity index (χ3n) is 2.85. The van der Waals surface area contributed by atoms with Crippen molar-refractivity contribution in [3.8, 4) is 11.1 Å². The third-order valence-corrected chi connectivity index (χ3v) is 2.85. The number of rotatable bonds is 3. The standard InChI is InChI=1S/C16H13N3/c1-3-7-13(8-4-1)15-11-18-19-16(15)12-17-14-9-5-2-6-10-14/h1-12H,(H,18,19). The van der Waals surface area contributed by atoms with Gasteiger partial charge in [0.2, 0.25) is 0 Å². The Balaban J connectivity index is 1.91. The van der Waals surface area contributed by atoms with E-state index in [0.29, 0.717) is 0 Å². The van der Waals surface area contributed by atoms with Crippen LogP contribution >= 0.6 is 0 Å². The first-order valence-electron chi connectivity index (χ1n) is 6.11. The van der Waals surface area contributed by atoms with Gasteiger partial charge in [0.25, 0.3) is 0 Å². The van der Waals surface area contributed by atoms with Gasteiger partial charge in [-0.15, -0.1) is 0 Å². The van der Waals surface area contributed by atoms with E-state index in [4.69, 9.17) is 0 Å². The van der Waals surface area contributed by atoms with Gasteiger partial charge in [0.1, 0.15) is 0 Å². The predicted molar refractivity (Wildman–Crippen MR) is 77.7 cm³/mol. The number of para-hydroxylation sites is 1. The highest BCUT2D eigenvalue weighted by Crippen LogP contribution is 2.21. The number of nitrogens with zero attached hydrogens (tertiary/aromatic N) is 2. The Hall–Kier alpha value is -2.68. The van der Waals surface area contributed by atoms with Gasteiger partial charge >= 0.3 is 0 Å². The van der Waals surface area contributed by atoms with Gasteiger partial charge in [-0.1, -0.05) is 48.5 Å². The fourth-order valence-corrected chi connectivity index (χ4v) is 1.90. The number of nitrogens with one attached hydrogen (secondary N) is 1. The highest BCUT2D eigenvalue weighted by Gasteiger charge is 2.04. The number of aromatic nitrogens is 2. The summed E-state index contributed by atoms with van der Waals surface area (Å²) in [6, 6.07) is 20.0. The van der Waals surface area contributed by atoms with E-state index in [1.165, 1.54) is 0 Å². The Kier molecular flexibility index (Phi) is 3.19. The lowest BCUT2D eigenvalue weighted by Gasteiger charge is -1.98. The fraction of sp³-hybridized carbons (Fsp3) is 0. The van der Waals surface area contributed by atoms with Gasteiger partial charge in [-0.3, -0.25) is 10.1 Å². The normalized spacial score (nSPS) is 10.9. The van der Waals surface area contributed by atoms with Crippen LogP contribution in [0.15, 0.2) is 71.9 Å². The highest BCUT2D eigenvalue weighted by atomic mass is 15.1. The molecule has 3 heteroatoms. The van der Waals surface area contributed by atoms with Crippen LogP contribution in [0.1, 0.15) is 5.69 Å². The maximum absolute atomic E-state index is 4.44. The van der Waals surface area contributed by atoms with Crippen molar-refractivity contribution in [3.05, 3.63) is 72.6 Å². The summed E-state index contributed by atoms with van der Waals surface area (Å²) in [6.07, 6.45) is 3.63. The van der Waals surface area contributed by atoms with Crippen molar-refractivity contribution >= 4 is 11.9 Å². The van der Waals surface area contributed by atoms with Crippen LogP contribution in [-0.2, 0) is 0 Å². The van der Waals surface area contributed by atoms with Gasteiger partial charge in [0.15, 0.2) is 0 Å². The zero-order valence-corrected chi connectivity index (χ0v) is 10.3. The number of hydrogen-bond acceptors (Lipinski definition) is 2. The highest BCUT2D eigenvalue weighted by molar-refractivity contribution is 5.89. The maximum Gasteiger partial charge on any atom is 0.0839 e. The molecule has 2 aromatic carbocycles. The lowest BCUT2D eigenvalue weighted by Crippen LogP contribution is -1.85. The summed E-state index contributed by atoms with van der Waals surface area (Å²) in [4.78, 5) is 4.44. The second kappa shape index (κ2) is 5.31. The number of aliphatic imine (C=N–C) groups is 1. The summed E-state index contributed by atoms with van der Waals surface area (Å²) < 4.78 is 0. The van der Waals surface area contributed by atoms with Crippen molar-refractivity contribution in [2.45, 2.75) is 0 Å². The monoisotopic (exact) mass is 247 g/mol. The second-order valence-electron chi connectivity index (χ2n) is 4.16. The van der Waals surface area contributed by atoms with E-state index in [2.05, 4.69) is 27.3 Å². The Bertz CT molecular complexity index is 669. The summed E-state index contributed by atoms with van der Waals surface area (Å²) in [5.74, 6) is 0. The molecule has 0 radical (unpaired) electrons. The lowest BCUT2D eigenvalue weighted by atomic mass is 10.1. The van der Waals surface area contributed by atoms with Gasteiger partial charge in [0.05, 0.1) is 23.8 Å². The van der Waals surface area contributed by atoms with Crippen LogP contribution in [0.4, 0.5) is 5.69 Å². The molecule has 0 aliphatic heterocycles. The Labute approximate surface area is 111 Å². The maximum atomic E-state index is 4.44. The van der Waals surface area contributed by atoms with E-state index in [1.807, 2.05) is 60.9 Å². The summed E-state index contributed by atoms with van der Waals surface area (Å²) in [7, 11) is 0. The molecule has 92 valence electrons. The molecule has 0 bridgehead atoms. The summed E-state index contributed by atoms with van der Waals surface area (Å²) >= 11 is 0. The molecule has 1 N–H and O–H groups in total. The number of aromatic amines is 1. The third kappa shape index (κ3) is 2.60. The van der Waals surface area contributed by atoms with Gasteiger partial charge in [-0.05, 0) is 17.7 Å². The van der Waals surface area contributed by atoms with E-state index in [1.54, 1.807) is 0 Å². The van der Waals surface area contributed by atoms with E-state index in [0.717, 1.165) is 22.5 Å². The number of H-pyrrole nitrogens is 1. The van der Waals surface area contributed by atoms with Crippen LogP contribution < -0.4 is 0 Å². The zero-order chi connectivity index (χ0) is 12.9. The van der Waals surface area contributed by atoms with Crippen LogP contribution in [0.5, 0.6) is 0 Å². The Morgan fingerprint density at radius 2 is 1.58 bits per heavy atom. The van der Waals surface area contributed by atoms with E-state index < -0.39 is 0 Å². The smallest absolute Gasteiger partial charge is 0.0839 e. The molecule has 0 saturated heterocycles. The molecule has 1 aromatic heterocycles. The van der Waals surface area contributed by atoms with Crippen molar-refractivity contribution in [3.63, 3.8) is 0 Å². The first-order chi connectivity index (χ1) is 9.43. The first kappa shape index (κ1) is 11.4. The quantitative estimate of drug-likeness (QED) is 0.702. The second-order valence-corrected chi connectivity index (χ2v) is 4.16. The minimum Gasteiger partial charge on any atom is -0.276 e. The van der Waals surface area contributed by atoms with Crippen molar-refractivity contribution in [1.29, 1.82) is 0 Å². The van der Waals surface area contributed by atoms with E-state index >= 15 is 0 Å². The average molecular weight is 247 g/mol. The molecule has 0 fully saturated rings. The van der Waals surface area contributed by atoms with Crippen molar-refractivity contribution in [2.24, 2.45) is 4.99 Å². The lowest BCUT2D eigenvalue weighted by molar-refractivity contribution is 1.08. The predicted octanol–water partition coefficient (Wildman–Crippen LogP) is 3.83. The minimum absolute atomic E-state index is 0.912. The Morgan fingerprint density at radius 1 is 0.895 bits per heavy atom. The molecule has 0 atom stereocenters. The van der Waals surface area contributed by atoms with Crippen molar-refractivity contribution in [2.75, 3.05) is 0 Å². The zero-order valence-electron chi connectivity index (χ0n) is 10.3. The van der Waals surface area contributed by atoms with Crippen LogP contribution in [-0.4, -0.2) is 16.4 Å². The topological polar surface area (TPSA) is 41.0 Å². The molecule has 3 nitrogen and oxygen atoms in total. The van der Waals surface area contributed by atoms with E-state index in [-0.39, 0.29) is 0 Å². The summed E-state index contributed by atoms with van der Waals surface area (Å²) in [5.41, 5.74) is 4.03. The number of hydrogen-bond donors (Lipinski definition) is 1. The van der Waals surface area contributed by atoms with Gasteiger partial charge in [-0.25, -0.2) is 0 Å². The number of benzene rings is 2. The Morgan fingerprint density at radius 3 is 2.32 bits per heavy atom. The molecule has 0 spiro atoms. The first-order valence-corrected chi connectivity index (χ1v) is 6.11. The summed E-state index contributed by atoms with van der Waals surface area (Å²) in [6.45, 7) is 0. The van der Waals surface area contributed by atoms with Crippen molar-refractivity contribution < 1.29 is 0 Å². The molecule has 0 saturated carbocycles. The van der Waals surface area contributed by atoms with Gasteiger partial charge in [0, 0.05) is 5.56 Å². The molecule has 3 rings (SSSR count). The minimum atomic E-state index is 0.912. The molecule has 0 aliphatic rings. The molecule has 3 aromatic rings. The van der Waals surface area contributed by atoms with Crippen molar-refractivity contribution in [1.82, 2.24) is 10.2 Å². The average Bonchev–Trinajstić information content (AvgIpc) is 2.95. The molecule has 0 unspecified atom stereocenters.